The number of thioether (sulfide) groups is 1. The molecule has 1 aromatic heterocycles. The number of nitrogens with zero attached hydrogens (tertiary/aromatic N) is 2. The zero-order valence-corrected chi connectivity index (χ0v) is 17.5. The number of hydrazone groups is 1. The van der Waals surface area contributed by atoms with Gasteiger partial charge in [-0.3, -0.25) is 14.6 Å². The first-order valence-electron chi connectivity index (χ1n) is 9.56. The zero-order valence-electron chi connectivity index (χ0n) is 16.7. The summed E-state index contributed by atoms with van der Waals surface area (Å²) in [6, 6.07) is 22.2. The highest BCUT2D eigenvalue weighted by molar-refractivity contribution is 8.00. The third-order valence-corrected chi connectivity index (χ3v) is 4.85. The Labute approximate surface area is 184 Å². The van der Waals surface area contributed by atoms with Crippen molar-refractivity contribution in [1.82, 2.24) is 10.4 Å². The molecular formula is C23H22N4O3S. The van der Waals surface area contributed by atoms with Crippen LogP contribution in [0.5, 0.6) is 5.75 Å². The molecule has 8 heteroatoms. The van der Waals surface area contributed by atoms with Crippen LogP contribution in [0, 0.1) is 0 Å². The second kappa shape index (κ2) is 12.1. The van der Waals surface area contributed by atoms with E-state index in [1.54, 1.807) is 12.4 Å². The molecule has 3 rings (SSSR count). The second-order valence-electron chi connectivity index (χ2n) is 6.38. The van der Waals surface area contributed by atoms with E-state index >= 15 is 0 Å². The minimum absolute atomic E-state index is 0.139. The summed E-state index contributed by atoms with van der Waals surface area (Å²) in [5.41, 5.74) is 4.86. The highest BCUT2D eigenvalue weighted by atomic mass is 32.2. The Kier molecular flexibility index (Phi) is 8.63. The number of nitrogens with one attached hydrogen (secondary N) is 2. The van der Waals surface area contributed by atoms with Crippen molar-refractivity contribution in [3.05, 3.63) is 90.3 Å². The topological polar surface area (TPSA) is 92.7 Å². The quantitative estimate of drug-likeness (QED) is 0.376. The summed E-state index contributed by atoms with van der Waals surface area (Å²) in [5, 5.41) is 6.71. The van der Waals surface area contributed by atoms with Crippen LogP contribution >= 0.6 is 11.8 Å². The Morgan fingerprint density at radius 2 is 1.68 bits per heavy atom. The molecule has 0 fully saturated rings. The van der Waals surface area contributed by atoms with Crippen LogP contribution in [-0.2, 0) is 16.2 Å². The summed E-state index contributed by atoms with van der Waals surface area (Å²) in [6.45, 7) is 0.394. The van der Waals surface area contributed by atoms with Gasteiger partial charge in [0.05, 0.1) is 23.4 Å². The van der Waals surface area contributed by atoms with E-state index < -0.39 is 0 Å². The summed E-state index contributed by atoms with van der Waals surface area (Å²) >= 11 is 1.22. The molecule has 2 aromatic carbocycles. The van der Waals surface area contributed by atoms with Crippen LogP contribution in [0.15, 0.2) is 84.1 Å². The lowest BCUT2D eigenvalue weighted by Crippen LogP contribution is -2.21. The molecule has 0 spiro atoms. The fraction of sp³-hybridized carbons (Fsp3) is 0.130. The molecule has 158 valence electrons. The van der Waals surface area contributed by atoms with E-state index in [1.807, 2.05) is 72.8 Å². The van der Waals surface area contributed by atoms with Crippen LogP contribution in [0.3, 0.4) is 0 Å². The van der Waals surface area contributed by atoms with Gasteiger partial charge >= 0.3 is 0 Å². The number of hydrogen-bond acceptors (Lipinski definition) is 6. The largest absolute Gasteiger partial charge is 0.487 e. The summed E-state index contributed by atoms with van der Waals surface area (Å²) < 4.78 is 5.68. The monoisotopic (exact) mass is 434 g/mol. The van der Waals surface area contributed by atoms with Crippen LogP contribution in [0.2, 0.25) is 0 Å². The predicted molar refractivity (Wildman–Crippen MR) is 123 cm³/mol. The van der Waals surface area contributed by atoms with E-state index in [1.165, 1.54) is 11.8 Å². The zero-order chi connectivity index (χ0) is 21.7. The fourth-order valence-corrected chi connectivity index (χ4v) is 3.07. The third-order valence-electron chi connectivity index (χ3n) is 3.92. The number of hydrogen-bond donors (Lipinski definition) is 2. The number of carbonyl (C=O) groups excluding carboxylic acids is 2. The lowest BCUT2D eigenvalue weighted by atomic mass is 10.2. The van der Waals surface area contributed by atoms with Gasteiger partial charge in [0.2, 0.25) is 11.8 Å². The summed E-state index contributed by atoms with van der Waals surface area (Å²) in [5.74, 6) is 0.616. The molecule has 2 N–H and O–H groups in total. The van der Waals surface area contributed by atoms with Gasteiger partial charge in [-0.05, 0) is 54.1 Å². The maximum absolute atomic E-state index is 11.8. The van der Waals surface area contributed by atoms with Crippen LogP contribution in [0.25, 0.3) is 0 Å². The first-order valence-corrected chi connectivity index (χ1v) is 10.7. The lowest BCUT2D eigenvalue weighted by Gasteiger charge is -2.05. The van der Waals surface area contributed by atoms with Gasteiger partial charge in [0.25, 0.3) is 0 Å². The molecule has 7 nitrogen and oxygen atoms in total. The normalized spacial score (nSPS) is 10.6. The Morgan fingerprint density at radius 3 is 2.42 bits per heavy atom. The van der Waals surface area contributed by atoms with Gasteiger partial charge in [0, 0.05) is 11.9 Å². The molecule has 0 unspecified atom stereocenters. The SMILES string of the molecule is O=C(CSCC(=O)Nc1ccccc1)N/N=C/c1ccc(OCc2ccccn2)cc1. The molecule has 0 aliphatic rings. The molecule has 0 aliphatic heterocycles. The van der Waals surface area contributed by atoms with Crippen molar-refractivity contribution >= 4 is 35.5 Å². The van der Waals surface area contributed by atoms with Crippen molar-refractivity contribution in [3.63, 3.8) is 0 Å². The number of pyridine rings is 1. The Balaban J connectivity index is 1.33. The average molecular weight is 435 g/mol. The Morgan fingerprint density at radius 1 is 0.935 bits per heavy atom. The van der Waals surface area contributed by atoms with E-state index in [0.29, 0.717) is 6.61 Å². The number of amides is 2. The molecular weight excluding hydrogens is 412 g/mol. The van der Waals surface area contributed by atoms with Gasteiger partial charge in [0.1, 0.15) is 12.4 Å². The van der Waals surface area contributed by atoms with E-state index in [-0.39, 0.29) is 23.3 Å². The van der Waals surface area contributed by atoms with E-state index in [2.05, 4.69) is 20.8 Å². The van der Waals surface area contributed by atoms with Crippen molar-refractivity contribution < 1.29 is 14.3 Å². The van der Waals surface area contributed by atoms with Crippen LogP contribution in [0.4, 0.5) is 5.69 Å². The molecule has 0 saturated carbocycles. The van der Waals surface area contributed by atoms with Gasteiger partial charge in [-0.2, -0.15) is 5.10 Å². The number of rotatable bonds is 10. The van der Waals surface area contributed by atoms with Gasteiger partial charge in [0.15, 0.2) is 0 Å². The number of benzene rings is 2. The standard InChI is InChI=1S/C23H22N4O3S/c28-22(26-19-6-2-1-3-7-19)16-31-17-23(29)27-25-14-18-9-11-21(12-10-18)30-15-20-8-4-5-13-24-20/h1-14H,15-17H2,(H,26,28)(H,27,29)/b25-14+. The van der Waals surface area contributed by atoms with Crippen LogP contribution in [-0.4, -0.2) is 34.5 Å². The maximum atomic E-state index is 11.8. The molecule has 31 heavy (non-hydrogen) atoms. The number of anilines is 1. The van der Waals surface area contributed by atoms with Crippen LogP contribution < -0.4 is 15.5 Å². The second-order valence-corrected chi connectivity index (χ2v) is 7.36. The Bertz CT molecular complexity index is 996. The lowest BCUT2D eigenvalue weighted by molar-refractivity contribution is -0.118. The number of carbonyl (C=O) groups is 2. The first-order chi connectivity index (χ1) is 15.2. The maximum Gasteiger partial charge on any atom is 0.250 e. The summed E-state index contributed by atoms with van der Waals surface area (Å²) in [7, 11) is 0. The van der Waals surface area contributed by atoms with Crippen molar-refractivity contribution in [2.45, 2.75) is 6.61 Å². The van der Waals surface area contributed by atoms with Crippen molar-refractivity contribution in [1.29, 1.82) is 0 Å². The highest BCUT2D eigenvalue weighted by Crippen LogP contribution is 2.13. The molecule has 2 amide bonds. The van der Waals surface area contributed by atoms with Gasteiger partial charge in [-0.25, -0.2) is 5.43 Å². The fourth-order valence-electron chi connectivity index (χ4n) is 2.46. The first kappa shape index (κ1) is 22.0. The molecule has 0 atom stereocenters. The van der Waals surface area contributed by atoms with Crippen molar-refractivity contribution in [2.24, 2.45) is 5.10 Å². The molecule has 0 saturated heterocycles. The van der Waals surface area contributed by atoms with E-state index in [4.69, 9.17) is 4.74 Å². The van der Waals surface area contributed by atoms with Gasteiger partial charge < -0.3 is 10.1 Å². The minimum atomic E-state index is -0.274. The minimum Gasteiger partial charge on any atom is -0.487 e. The number of para-hydroxylation sites is 1. The number of aromatic nitrogens is 1. The average Bonchev–Trinajstić information content (AvgIpc) is 2.80. The summed E-state index contributed by atoms with van der Waals surface area (Å²) in [4.78, 5) is 27.9. The molecule has 3 aromatic rings. The predicted octanol–water partition coefficient (Wildman–Crippen LogP) is 3.48. The van der Waals surface area contributed by atoms with Crippen LogP contribution in [0.1, 0.15) is 11.3 Å². The Hall–Kier alpha value is -3.65. The molecule has 0 bridgehead atoms. The molecule has 0 aliphatic carbocycles. The summed E-state index contributed by atoms with van der Waals surface area (Å²) in [6.07, 6.45) is 3.28. The van der Waals surface area contributed by atoms with E-state index in [9.17, 15) is 9.59 Å². The van der Waals surface area contributed by atoms with Crippen molar-refractivity contribution in [3.8, 4) is 5.75 Å². The smallest absolute Gasteiger partial charge is 0.250 e. The highest BCUT2D eigenvalue weighted by Gasteiger charge is 2.05. The van der Waals surface area contributed by atoms with Crippen molar-refractivity contribution in [2.75, 3.05) is 16.8 Å². The van der Waals surface area contributed by atoms with E-state index in [0.717, 1.165) is 22.7 Å². The van der Waals surface area contributed by atoms with Gasteiger partial charge in [-0.1, -0.05) is 24.3 Å². The third kappa shape index (κ3) is 8.31. The molecule has 1 heterocycles. The van der Waals surface area contributed by atoms with Gasteiger partial charge in [-0.15, -0.1) is 11.8 Å². The number of ether oxygens (including phenoxy) is 1. The molecule has 0 radical (unpaired) electrons.